The fourth-order valence-corrected chi connectivity index (χ4v) is 10.2. The van der Waals surface area contributed by atoms with Gasteiger partial charge in [-0.25, -0.2) is 0 Å². The molecule has 0 aliphatic heterocycles. The summed E-state index contributed by atoms with van der Waals surface area (Å²) in [6.07, 6.45) is 76.2. The van der Waals surface area contributed by atoms with Gasteiger partial charge in [0.2, 0.25) is 0 Å². The number of ether oxygens (including phenoxy) is 3. The van der Waals surface area contributed by atoms with Gasteiger partial charge in [0.05, 0.1) is 0 Å². The van der Waals surface area contributed by atoms with Gasteiger partial charge >= 0.3 is 17.9 Å². The molecule has 0 aliphatic rings. The van der Waals surface area contributed by atoms with Crippen molar-refractivity contribution in [2.75, 3.05) is 13.2 Å². The molecule has 0 spiro atoms. The van der Waals surface area contributed by atoms with Gasteiger partial charge in [-0.1, -0.05) is 328 Å². The van der Waals surface area contributed by atoms with E-state index in [9.17, 15) is 14.4 Å². The zero-order valence-electron chi connectivity index (χ0n) is 50.1. The van der Waals surface area contributed by atoms with Crippen LogP contribution in [-0.4, -0.2) is 37.2 Å². The van der Waals surface area contributed by atoms with Gasteiger partial charge in [0.15, 0.2) is 6.10 Å². The predicted molar refractivity (Wildman–Crippen MR) is 321 cm³/mol. The molecule has 0 radical (unpaired) electrons. The van der Waals surface area contributed by atoms with Gasteiger partial charge in [-0.15, -0.1) is 0 Å². The average Bonchev–Trinajstić information content (AvgIpc) is 3.40. The normalized spacial score (nSPS) is 12.1. The Labute approximate surface area is 462 Å². The Morgan fingerprint density at radius 1 is 0.270 bits per heavy atom. The van der Waals surface area contributed by atoms with Crippen molar-refractivity contribution in [3.63, 3.8) is 0 Å². The first-order valence-corrected chi connectivity index (χ1v) is 33.3. The lowest BCUT2D eigenvalue weighted by atomic mass is 10.0. The van der Waals surface area contributed by atoms with E-state index in [1.165, 1.54) is 270 Å². The summed E-state index contributed by atoms with van der Waals surface area (Å²) in [6, 6.07) is 0. The van der Waals surface area contributed by atoms with Gasteiger partial charge in [0.25, 0.3) is 0 Å². The molecule has 1 unspecified atom stereocenters. The van der Waals surface area contributed by atoms with E-state index < -0.39 is 6.10 Å². The number of rotatable bonds is 62. The second kappa shape index (κ2) is 63.4. The van der Waals surface area contributed by atoms with E-state index >= 15 is 0 Å². The Kier molecular flexibility index (Phi) is 61.6. The first-order valence-electron chi connectivity index (χ1n) is 33.3. The maximum absolute atomic E-state index is 12.9. The summed E-state index contributed by atoms with van der Waals surface area (Å²) < 4.78 is 17.0. The minimum atomic E-state index is -0.770. The van der Waals surface area contributed by atoms with Gasteiger partial charge in [-0.05, 0) is 51.4 Å². The lowest BCUT2D eigenvalue weighted by Gasteiger charge is -2.18. The van der Waals surface area contributed by atoms with Gasteiger partial charge in [0.1, 0.15) is 13.2 Å². The Bertz CT molecular complexity index is 1190. The monoisotopic (exact) mass is 1040 g/mol. The zero-order valence-corrected chi connectivity index (χ0v) is 50.1. The van der Waals surface area contributed by atoms with Crippen molar-refractivity contribution in [2.45, 2.75) is 380 Å². The number of esters is 3. The molecule has 6 heteroatoms. The number of carbonyl (C=O) groups excluding carboxylic acids is 3. The Hall–Kier alpha value is -2.11. The molecule has 0 amide bonds. The van der Waals surface area contributed by atoms with Crippen molar-refractivity contribution >= 4 is 17.9 Å². The third-order valence-electron chi connectivity index (χ3n) is 15.2. The van der Waals surface area contributed by atoms with Crippen LogP contribution >= 0.6 is 0 Å². The molecular weight excluding hydrogens is 913 g/mol. The fraction of sp³-hybridized carbons (Fsp3) is 0.897. The highest BCUT2D eigenvalue weighted by Crippen LogP contribution is 2.18. The summed E-state index contributed by atoms with van der Waals surface area (Å²) in [4.78, 5) is 38.3. The highest BCUT2D eigenvalue weighted by molar-refractivity contribution is 5.71. The molecule has 6 nitrogen and oxygen atoms in total. The number of allylic oxidation sites excluding steroid dienone is 4. The van der Waals surface area contributed by atoms with E-state index in [1.54, 1.807) is 0 Å². The van der Waals surface area contributed by atoms with Gasteiger partial charge in [-0.2, -0.15) is 0 Å². The van der Waals surface area contributed by atoms with Crippen LogP contribution in [0.3, 0.4) is 0 Å². The Balaban J connectivity index is 4.26. The average molecular weight is 1040 g/mol. The highest BCUT2D eigenvalue weighted by Gasteiger charge is 2.19. The Morgan fingerprint density at radius 3 is 0.743 bits per heavy atom. The molecule has 74 heavy (non-hydrogen) atoms. The van der Waals surface area contributed by atoms with Crippen LogP contribution in [0.25, 0.3) is 0 Å². The lowest BCUT2D eigenvalue weighted by Crippen LogP contribution is -2.30. The van der Waals surface area contributed by atoms with E-state index in [4.69, 9.17) is 14.2 Å². The van der Waals surface area contributed by atoms with Gasteiger partial charge in [0, 0.05) is 19.3 Å². The molecule has 0 saturated carbocycles. The van der Waals surface area contributed by atoms with Crippen LogP contribution < -0.4 is 0 Å². The fourth-order valence-electron chi connectivity index (χ4n) is 10.2. The van der Waals surface area contributed by atoms with Crippen molar-refractivity contribution in [2.24, 2.45) is 0 Å². The van der Waals surface area contributed by atoms with E-state index in [1.807, 2.05) is 0 Å². The van der Waals surface area contributed by atoms with Crippen molar-refractivity contribution in [3.05, 3.63) is 24.3 Å². The van der Waals surface area contributed by atoms with Crippen molar-refractivity contribution < 1.29 is 28.6 Å². The zero-order chi connectivity index (χ0) is 53.6. The first kappa shape index (κ1) is 71.9. The topological polar surface area (TPSA) is 78.9 Å². The van der Waals surface area contributed by atoms with Gasteiger partial charge in [-0.3, -0.25) is 14.4 Å². The molecule has 0 N–H and O–H groups in total. The summed E-state index contributed by atoms with van der Waals surface area (Å²) in [7, 11) is 0. The maximum Gasteiger partial charge on any atom is 0.306 e. The molecule has 0 heterocycles. The third kappa shape index (κ3) is 60.8. The smallest absolute Gasteiger partial charge is 0.306 e. The molecule has 0 rings (SSSR count). The van der Waals surface area contributed by atoms with Crippen LogP contribution in [0.2, 0.25) is 0 Å². The molecule has 0 aromatic carbocycles. The number of carbonyl (C=O) groups is 3. The van der Waals surface area contributed by atoms with Crippen LogP contribution in [0, 0.1) is 0 Å². The van der Waals surface area contributed by atoms with E-state index in [0.29, 0.717) is 19.3 Å². The molecule has 1 atom stereocenters. The van der Waals surface area contributed by atoms with Crippen molar-refractivity contribution in [1.29, 1.82) is 0 Å². The molecule has 0 aliphatic carbocycles. The second-order valence-electron chi connectivity index (χ2n) is 22.7. The molecule has 0 fully saturated rings. The summed E-state index contributed by atoms with van der Waals surface area (Å²) >= 11 is 0. The van der Waals surface area contributed by atoms with E-state index in [0.717, 1.165) is 64.2 Å². The van der Waals surface area contributed by atoms with E-state index in [-0.39, 0.29) is 31.1 Å². The minimum Gasteiger partial charge on any atom is -0.462 e. The highest BCUT2D eigenvalue weighted by atomic mass is 16.6. The van der Waals surface area contributed by atoms with Crippen LogP contribution in [0.5, 0.6) is 0 Å². The molecule has 0 aromatic rings. The number of hydrogen-bond acceptors (Lipinski definition) is 6. The number of unbranched alkanes of at least 4 members (excludes halogenated alkanes) is 47. The Morgan fingerprint density at radius 2 is 0.486 bits per heavy atom. The maximum atomic E-state index is 12.9. The van der Waals surface area contributed by atoms with Crippen LogP contribution in [0.1, 0.15) is 374 Å². The lowest BCUT2D eigenvalue weighted by molar-refractivity contribution is -0.167. The van der Waals surface area contributed by atoms with Crippen LogP contribution in [0.15, 0.2) is 24.3 Å². The first-order chi connectivity index (χ1) is 36.5. The summed E-state index contributed by atoms with van der Waals surface area (Å²) in [5.41, 5.74) is 0. The standard InChI is InChI=1S/C68H128O6/c1-4-7-10-13-16-19-22-25-27-29-31-33-35-36-38-40-43-46-49-52-55-58-61-67(70)73-64-65(63-72-66(69)60-57-54-51-48-45-42-24-21-18-15-12-9-6-3)74-68(71)62-59-56-53-50-47-44-41-39-37-34-32-30-28-26-23-20-17-14-11-8-5-2/h23,26,30,32,65H,4-22,24-25,27-29,31,33-64H2,1-3H3/b26-23-,32-30-. The third-order valence-corrected chi connectivity index (χ3v) is 15.2. The minimum absolute atomic E-state index is 0.0666. The predicted octanol–water partition coefficient (Wildman–Crippen LogP) is 22.6. The summed E-state index contributed by atoms with van der Waals surface area (Å²) in [5.74, 6) is -0.841. The molecule has 0 aromatic heterocycles. The largest absolute Gasteiger partial charge is 0.462 e. The molecule has 0 saturated heterocycles. The molecule has 0 bridgehead atoms. The van der Waals surface area contributed by atoms with Crippen LogP contribution in [0.4, 0.5) is 0 Å². The molecule has 436 valence electrons. The number of hydrogen-bond donors (Lipinski definition) is 0. The summed E-state index contributed by atoms with van der Waals surface area (Å²) in [5, 5.41) is 0. The second-order valence-corrected chi connectivity index (χ2v) is 22.7. The van der Waals surface area contributed by atoms with Gasteiger partial charge < -0.3 is 14.2 Å². The van der Waals surface area contributed by atoms with Crippen LogP contribution in [-0.2, 0) is 28.6 Å². The van der Waals surface area contributed by atoms with E-state index in [2.05, 4.69) is 45.1 Å². The van der Waals surface area contributed by atoms with Crippen molar-refractivity contribution in [3.8, 4) is 0 Å². The quantitative estimate of drug-likeness (QED) is 0.0261. The SMILES string of the molecule is CCCCCCC/C=C\C/C=C\CCCCCCCCCCCC(=O)OC(COC(=O)CCCCCCCCCCCCCCC)COC(=O)CCCCCCCCCCCCCCCCCCCCCCCC. The summed E-state index contributed by atoms with van der Waals surface area (Å²) in [6.45, 7) is 6.70. The molecular formula is C68H128O6. The van der Waals surface area contributed by atoms with Crippen molar-refractivity contribution in [1.82, 2.24) is 0 Å².